The molecule has 6 nitrogen and oxygen atoms in total. The summed E-state index contributed by atoms with van der Waals surface area (Å²) < 4.78 is 5.49. The van der Waals surface area contributed by atoms with Crippen molar-refractivity contribution in [3.8, 4) is 0 Å². The van der Waals surface area contributed by atoms with Crippen LogP contribution >= 0.6 is 0 Å². The topological polar surface area (TPSA) is 79.5 Å². The monoisotopic (exact) mass is 317 g/mol. The van der Waals surface area contributed by atoms with Gasteiger partial charge in [-0.05, 0) is 43.4 Å². The van der Waals surface area contributed by atoms with E-state index >= 15 is 0 Å². The van der Waals surface area contributed by atoms with E-state index in [2.05, 4.69) is 22.0 Å². The molecule has 3 rings (SSSR count). The van der Waals surface area contributed by atoms with Gasteiger partial charge in [-0.25, -0.2) is 4.79 Å². The summed E-state index contributed by atoms with van der Waals surface area (Å²) in [5.74, 6) is 0.0601. The second-order valence-corrected chi connectivity index (χ2v) is 6.18. The highest BCUT2D eigenvalue weighted by molar-refractivity contribution is 5.93. The molecule has 0 bridgehead atoms. The maximum absolute atomic E-state index is 12.0. The van der Waals surface area contributed by atoms with Gasteiger partial charge in [0.2, 0.25) is 5.91 Å². The van der Waals surface area contributed by atoms with Crippen molar-refractivity contribution in [1.29, 1.82) is 0 Å². The number of fused-ring (bicyclic) bond motifs is 1. The molecule has 1 fully saturated rings. The van der Waals surface area contributed by atoms with E-state index < -0.39 is 0 Å². The number of carbonyl (C=O) groups is 2. The molecule has 0 spiro atoms. The van der Waals surface area contributed by atoms with Crippen molar-refractivity contribution in [3.05, 3.63) is 29.3 Å². The molecule has 0 unspecified atom stereocenters. The summed E-state index contributed by atoms with van der Waals surface area (Å²) in [5, 5.41) is 8.67. The summed E-state index contributed by atoms with van der Waals surface area (Å²) in [4.78, 5) is 23.4. The van der Waals surface area contributed by atoms with E-state index in [1.807, 2.05) is 19.1 Å². The molecular formula is C17H23N3O3. The van der Waals surface area contributed by atoms with E-state index in [1.54, 1.807) is 0 Å². The molecule has 2 atom stereocenters. The Labute approximate surface area is 136 Å². The van der Waals surface area contributed by atoms with Crippen LogP contribution < -0.4 is 16.0 Å². The normalized spacial score (nSPS) is 21.3. The maximum atomic E-state index is 12.0. The van der Waals surface area contributed by atoms with E-state index in [1.165, 1.54) is 0 Å². The van der Waals surface area contributed by atoms with Gasteiger partial charge in [-0.3, -0.25) is 4.79 Å². The molecule has 124 valence electrons. The quantitative estimate of drug-likeness (QED) is 0.796. The molecule has 6 heteroatoms. The fourth-order valence-corrected chi connectivity index (χ4v) is 3.02. The highest BCUT2D eigenvalue weighted by Gasteiger charge is 2.19. The summed E-state index contributed by atoms with van der Waals surface area (Å²) >= 11 is 0. The van der Waals surface area contributed by atoms with Crippen molar-refractivity contribution in [2.75, 3.05) is 18.5 Å². The molecule has 1 aromatic rings. The maximum Gasteiger partial charge on any atom is 0.315 e. The van der Waals surface area contributed by atoms with Crippen molar-refractivity contribution >= 4 is 17.6 Å². The molecule has 0 aliphatic carbocycles. The van der Waals surface area contributed by atoms with Crippen molar-refractivity contribution in [2.24, 2.45) is 0 Å². The van der Waals surface area contributed by atoms with Crippen LogP contribution in [0.2, 0.25) is 0 Å². The Bertz CT molecular complexity index is 597. The molecule has 2 heterocycles. The van der Waals surface area contributed by atoms with Crippen molar-refractivity contribution in [3.63, 3.8) is 0 Å². The average molecular weight is 317 g/mol. The average Bonchev–Trinajstić information content (AvgIpc) is 3.05. The summed E-state index contributed by atoms with van der Waals surface area (Å²) in [7, 11) is 0. The zero-order chi connectivity index (χ0) is 16.2. The molecule has 1 aromatic carbocycles. The van der Waals surface area contributed by atoms with Crippen LogP contribution in [0.15, 0.2) is 18.2 Å². The van der Waals surface area contributed by atoms with Gasteiger partial charge in [-0.15, -0.1) is 0 Å². The number of nitrogens with one attached hydrogen (secondary N) is 3. The first kappa shape index (κ1) is 15.8. The summed E-state index contributed by atoms with van der Waals surface area (Å²) in [6.45, 7) is 3.29. The molecule has 2 aliphatic heterocycles. The number of rotatable bonds is 4. The minimum atomic E-state index is -0.181. The van der Waals surface area contributed by atoms with Crippen LogP contribution in [0.1, 0.15) is 43.4 Å². The van der Waals surface area contributed by atoms with Gasteiger partial charge < -0.3 is 20.7 Å². The molecule has 0 radical (unpaired) electrons. The van der Waals surface area contributed by atoms with Gasteiger partial charge >= 0.3 is 6.03 Å². The lowest BCUT2D eigenvalue weighted by Gasteiger charge is -2.21. The third kappa shape index (κ3) is 4.01. The molecule has 0 saturated carbocycles. The summed E-state index contributed by atoms with van der Waals surface area (Å²) in [6.07, 6.45) is 3.47. The molecule has 3 N–H and O–H groups in total. The lowest BCUT2D eigenvalue weighted by Crippen LogP contribution is -2.40. The molecule has 2 aliphatic rings. The number of urea groups is 1. The molecule has 3 amide bonds. The lowest BCUT2D eigenvalue weighted by molar-refractivity contribution is -0.116. The molecular weight excluding hydrogens is 294 g/mol. The zero-order valence-corrected chi connectivity index (χ0v) is 13.4. The van der Waals surface area contributed by atoms with Gasteiger partial charge in [0.05, 0.1) is 12.1 Å². The highest BCUT2D eigenvalue weighted by atomic mass is 16.5. The number of hydrogen-bond acceptors (Lipinski definition) is 3. The van der Waals surface area contributed by atoms with Crippen molar-refractivity contribution in [1.82, 2.24) is 10.6 Å². The Kier molecular flexibility index (Phi) is 4.81. The van der Waals surface area contributed by atoms with Crippen molar-refractivity contribution in [2.45, 2.75) is 44.8 Å². The summed E-state index contributed by atoms with van der Waals surface area (Å²) in [5.41, 5.74) is 3.03. The number of anilines is 1. The Hall–Kier alpha value is -2.08. The van der Waals surface area contributed by atoms with E-state index in [9.17, 15) is 9.59 Å². The van der Waals surface area contributed by atoms with Crippen LogP contribution in [0.25, 0.3) is 0 Å². The highest BCUT2D eigenvalue weighted by Crippen LogP contribution is 2.26. The van der Waals surface area contributed by atoms with Crippen LogP contribution in [0.3, 0.4) is 0 Å². The van der Waals surface area contributed by atoms with E-state index in [0.29, 0.717) is 13.0 Å². The standard InChI is InChI=1S/C17H23N3O3/c1-11(19-17(22)18-10-14-3-2-8-23-14)12-4-6-15-13(9-12)5-7-16(21)20-15/h4,6,9,11,14H,2-3,5,7-8,10H2,1H3,(H,20,21)(H2,18,19,22)/t11-,14+/m1/s1. The number of aryl methyl sites for hydroxylation is 1. The fourth-order valence-electron chi connectivity index (χ4n) is 3.02. The predicted molar refractivity (Wildman–Crippen MR) is 87.3 cm³/mol. The Morgan fingerprint density at radius 1 is 1.43 bits per heavy atom. The molecule has 23 heavy (non-hydrogen) atoms. The summed E-state index contributed by atoms with van der Waals surface area (Å²) in [6, 6.07) is 5.63. The van der Waals surface area contributed by atoms with Gasteiger partial charge in [0.15, 0.2) is 0 Å². The van der Waals surface area contributed by atoms with Crippen LogP contribution in [-0.2, 0) is 16.0 Å². The predicted octanol–water partition coefficient (Wildman–Crippen LogP) is 2.11. The number of hydrogen-bond donors (Lipinski definition) is 3. The Balaban J connectivity index is 1.54. The Morgan fingerprint density at radius 3 is 3.09 bits per heavy atom. The van der Waals surface area contributed by atoms with Gasteiger partial charge in [0.25, 0.3) is 0 Å². The number of benzene rings is 1. The number of ether oxygens (including phenoxy) is 1. The number of carbonyl (C=O) groups excluding carboxylic acids is 2. The van der Waals surface area contributed by atoms with E-state index in [0.717, 1.165) is 42.7 Å². The molecule has 0 aromatic heterocycles. The van der Waals surface area contributed by atoms with Gasteiger partial charge in [0.1, 0.15) is 0 Å². The largest absolute Gasteiger partial charge is 0.376 e. The van der Waals surface area contributed by atoms with Crippen LogP contribution in [-0.4, -0.2) is 31.2 Å². The Morgan fingerprint density at radius 2 is 2.30 bits per heavy atom. The van der Waals surface area contributed by atoms with Gasteiger partial charge in [0, 0.05) is 25.3 Å². The lowest BCUT2D eigenvalue weighted by atomic mass is 9.98. The number of amides is 3. The van der Waals surface area contributed by atoms with Crippen LogP contribution in [0, 0.1) is 0 Å². The van der Waals surface area contributed by atoms with Crippen molar-refractivity contribution < 1.29 is 14.3 Å². The second kappa shape index (κ2) is 7.00. The third-order valence-corrected chi connectivity index (χ3v) is 4.39. The smallest absolute Gasteiger partial charge is 0.315 e. The van der Waals surface area contributed by atoms with E-state index in [-0.39, 0.29) is 24.1 Å². The van der Waals surface area contributed by atoms with Crippen LogP contribution in [0.5, 0.6) is 0 Å². The fraction of sp³-hybridized carbons (Fsp3) is 0.529. The zero-order valence-electron chi connectivity index (χ0n) is 13.4. The third-order valence-electron chi connectivity index (χ3n) is 4.39. The van der Waals surface area contributed by atoms with Gasteiger partial charge in [-0.1, -0.05) is 12.1 Å². The minimum absolute atomic E-state index is 0.0601. The SMILES string of the molecule is C[C@@H](NC(=O)NC[C@@H]1CCCO1)c1ccc2c(c1)CCC(=O)N2. The van der Waals surface area contributed by atoms with Gasteiger partial charge in [-0.2, -0.15) is 0 Å². The minimum Gasteiger partial charge on any atom is -0.376 e. The first-order valence-electron chi connectivity index (χ1n) is 8.20. The van der Waals surface area contributed by atoms with E-state index in [4.69, 9.17) is 4.74 Å². The molecule has 1 saturated heterocycles. The second-order valence-electron chi connectivity index (χ2n) is 6.18. The first-order valence-corrected chi connectivity index (χ1v) is 8.20. The van der Waals surface area contributed by atoms with Crippen LogP contribution in [0.4, 0.5) is 10.5 Å². The first-order chi connectivity index (χ1) is 11.1.